The summed E-state index contributed by atoms with van der Waals surface area (Å²) in [6.45, 7) is 2.72. The molecule has 0 saturated heterocycles. The molecule has 2 aromatic heterocycles. The highest BCUT2D eigenvalue weighted by molar-refractivity contribution is 7.18. The van der Waals surface area contributed by atoms with E-state index in [4.69, 9.17) is 5.73 Å². The molecule has 4 nitrogen and oxygen atoms in total. The molecule has 1 atom stereocenters. The van der Waals surface area contributed by atoms with Crippen LogP contribution in [0.2, 0.25) is 0 Å². The summed E-state index contributed by atoms with van der Waals surface area (Å²) >= 11 is 1.67. The van der Waals surface area contributed by atoms with Gasteiger partial charge in [0.25, 0.3) is 0 Å². The van der Waals surface area contributed by atoms with E-state index in [2.05, 4.69) is 28.3 Å². The van der Waals surface area contributed by atoms with Crippen molar-refractivity contribution in [1.82, 2.24) is 9.97 Å². The van der Waals surface area contributed by atoms with Gasteiger partial charge >= 0.3 is 0 Å². The first-order valence-corrected chi connectivity index (χ1v) is 7.31. The Morgan fingerprint density at radius 3 is 2.85 bits per heavy atom. The second kappa shape index (κ2) is 5.56. The van der Waals surface area contributed by atoms with Crippen molar-refractivity contribution in [1.29, 1.82) is 0 Å². The molecule has 3 N–H and O–H groups in total. The molecular formula is C15H16N4S. The first-order chi connectivity index (χ1) is 9.74. The van der Waals surface area contributed by atoms with Gasteiger partial charge in [-0.15, -0.1) is 11.3 Å². The van der Waals surface area contributed by atoms with E-state index >= 15 is 0 Å². The highest BCUT2D eigenvalue weighted by atomic mass is 32.1. The fraction of sp³-hybridized carbons (Fsp3) is 0.200. The molecule has 0 aliphatic carbocycles. The van der Waals surface area contributed by atoms with E-state index in [-0.39, 0.29) is 6.04 Å². The molecule has 1 aromatic carbocycles. The van der Waals surface area contributed by atoms with Gasteiger partial charge in [-0.25, -0.2) is 9.97 Å². The number of aryl methyl sites for hydroxylation is 1. The van der Waals surface area contributed by atoms with Crippen molar-refractivity contribution in [3.8, 4) is 0 Å². The van der Waals surface area contributed by atoms with Crippen molar-refractivity contribution in [3.05, 3.63) is 53.2 Å². The topological polar surface area (TPSA) is 63.8 Å². The van der Waals surface area contributed by atoms with Crippen LogP contribution in [0.15, 0.2) is 42.7 Å². The number of aromatic nitrogens is 2. The predicted octanol–water partition coefficient (Wildman–Crippen LogP) is 3.11. The van der Waals surface area contributed by atoms with Gasteiger partial charge in [-0.1, -0.05) is 30.3 Å². The van der Waals surface area contributed by atoms with E-state index in [9.17, 15) is 0 Å². The lowest BCUT2D eigenvalue weighted by Gasteiger charge is -2.13. The van der Waals surface area contributed by atoms with Gasteiger partial charge in [-0.2, -0.15) is 0 Å². The summed E-state index contributed by atoms with van der Waals surface area (Å²) in [6, 6.07) is 12.1. The van der Waals surface area contributed by atoms with Crippen molar-refractivity contribution in [3.63, 3.8) is 0 Å². The minimum atomic E-state index is -0.0547. The van der Waals surface area contributed by atoms with E-state index in [1.54, 1.807) is 17.7 Å². The lowest BCUT2D eigenvalue weighted by molar-refractivity contribution is 0.762. The monoisotopic (exact) mass is 284 g/mol. The number of benzene rings is 1. The smallest absolute Gasteiger partial charge is 0.138 e. The number of rotatable bonds is 4. The van der Waals surface area contributed by atoms with Crippen molar-refractivity contribution >= 4 is 27.4 Å². The van der Waals surface area contributed by atoms with Gasteiger partial charge in [0.2, 0.25) is 0 Å². The maximum Gasteiger partial charge on any atom is 0.138 e. The van der Waals surface area contributed by atoms with Crippen LogP contribution in [0.1, 0.15) is 16.5 Å². The van der Waals surface area contributed by atoms with Gasteiger partial charge in [0, 0.05) is 17.5 Å². The first kappa shape index (κ1) is 13.0. The second-order valence-corrected chi connectivity index (χ2v) is 5.93. The Balaban J connectivity index is 1.77. The second-order valence-electron chi connectivity index (χ2n) is 4.70. The fourth-order valence-corrected chi connectivity index (χ4v) is 2.99. The van der Waals surface area contributed by atoms with E-state index in [0.29, 0.717) is 6.54 Å². The van der Waals surface area contributed by atoms with Gasteiger partial charge in [0.05, 0.1) is 5.39 Å². The van der Waals surface area contributed by atoms with Gasteiger partial charge in [-0.3, -0.25) is 0 Å². The van der Waals surface area contributed by atoms with Crippen molar-refractivity contribution in [2.24, 2.45) is 5.73 Å². The van der Waals surface area contributed by atoms with E-state index in [1.165, 1.54) is 4.88 Å². The van der Waals surface area contributed by atoms with Crippen molar-refractivity contribution in [2.45, 2.75) is 13.0 Å². The fourth-order valence-electron chi connectivity index (χ4n) is 2.14. The molecule has 20 heavy (non-hydrogen) atoms. The molecule has 0 bridgehead atoms. The lowest BCUT2D eigenvalue weighted by atomic mass is 10.1. The number of nitrogens with one attached hydrogen (secondary N) is 1. The molecule has 0 radical (unpaired) electrons. The minimum Gasteiger partial charge on any atom is -0.368 e. The summed E-state index contributed by atoms with van der Waals surface area (Å²) in [4.78, 5) is 10.8. The maximum absolute atomic E-state index is 6.19. The third-order valence-electron chi connectivity index (χ3n) is 3.17. The molecular weight excluding hydrogens is 268 g/mol. The highest BCUT2D eigenvalue weighted by Crippen LogP contribution is 2.27. The van der Waals surface area contributed by atoms with Crippen LogP contribution in [-0.4, -0.2) is 16.5 Å². The quantitative estimate of drug-likeness (QED) is 0.772. The predicted molar refractivity (Wildman–Crippen MR) is 84.0 cm³/mol. The average molecular weight is 284 g/mol. The zero-order valence-electron chi connectivity index (χ0n) is 11.2. The summed E-state index contributed by atoms with van der Waals surface area (Å²) < 4.78 is 0. The Hall–Kier alpha value is -1.98. The third kappa shape index (κ3) is 2.64. The molecule has 0 aliphatic heterocycles. The summed E-state index contributed by atoms with van der Waals surface area (Å²) in [5, 5.41) is 4.39. The van der Waals surface area contributed by atoms with Crippen molar-refractivity contribution < 1.29 is 0 Å². The van der Waals surface area contributed by atoms with Crippen LogP contribution >= 0.6 is 11.3 Å². The molecule has 1 unspecified atom stereocenters. The molecule has 2 heterocycles. The Bertz CT molecular complexity index is 708. The molecule has 0 fully saturated rings. The van der Waals surface area contributed by atoms with E-state index in [1.807, 2.05) is 30.3 Å². The summed E-state index contributed by atoms with van der Waals surface area (Å²) in [7, 11) is 0. The molecule has 0 amide bonds. The molecule has 102 valence electrons. The number of nitrogens with two attached hydrogens (primary N) is 1. The number of hydrogen-bond donors (Lipinski definition) is 2. The number of hydrogen-bond acceptors (Lipinski definition) is 5. The highest BCUT2D eigenvalue weighted by Gasteiger charge is 2.09. The normalized spacial score (nSPS) is 12.5. The maximum atomic E-state index is 6.19. The van der Waals surface area contributed by atoms with Gasteiger partial charge in [0.15, 0.2) is 0 Å². The third-order valence-corrected chi connectivity index (χ3v) is 4.13. The van der Waals surface area contributed by atoms with E-state index in [0.717, 1.165) is 21.6 Å². The van der Waals surface area contributed by atoms with Crippen LogP contribution in [0.3, 0.4) is 0 Å². The van der Waals surface area contributed by atoms with E-state index < -0.39 is 0 Å². The van der Waals surface area contributed by atoms with Crippen LogP contribution in [0.5, 0.6) is 0 Å². The number of fused-ring (bicyclic) bond motifs is 1. The zero-order valence-corrected chi connectivity index (χ0v) is 12.0. The average Bonchev–Trinajstić information content (AvgIpc) is 2.86. The van der Waals surface area contributed by atoms with Crippen LogP contribution in [0.25, 0.3) is 10.2 Å². The lowest BCUT2D eigenvalue weighted by Crippen LogP contribution is -2.21. The largest absolute Gasteiger partial charge is 0.368 e. The van der Waals surface area contributed by atoms with Gasteiger partial charge < -0.3 is 11.1 Å². The van der Waals surface area contributed by atoms with Crippen LogP contribution in [-0.2, 0) is 0 Å². The number of thiophene rings is 1. The summed E-state index contributed by atoms with van der Waals surface area (Å²) in [6.07, 6.45) is 1.59. The molecule has 0 aliphatic rings. The van der Waals surface area contributed by atoms with Crippen LogP contribution in [0, 0.1) is 6.92 Å². The first-order valence-electron chi connectivity index (χ1n) is 6.49. The minimum absolute atomic E-state index is 0.0547. The molecule has 5 heteroatoms. The summed E-state index contributed by atoms with van der Waals surface area (Å²) in [5.41, 5.74) is 7.31. The number of nitrogens with zero attached hydrogens (tertiary/aromatic N) is 2. The number of anilines is 1. The molecule has 0 spiro atoms. The van der Waals surface area contributed by atoms with Gasteiger partial charge in [-0.05, 0) is 18.6 Å². The zero-order chi connectivity index (χ0) is 13.9. The van der Waals surface area contributed by atoms with Crippen LogP contribution in [0.4, 0.5) is 5.82 Å². The van der Waals surface area contributed by atoms with Gasteiger partial charge in [0.1, 0.15) is 17.0 Å². The molecule has 3 rings (SSSR count). The van der Waals surface area contributed by atoms with Crippen molar-refractivity contribution in [2.75, 3.05) is 11.9 Å². The molecule has 3 aromatic rings. The Labute approximate surface area is 121 Å². The Morgan fingerprint density at radius 2 is 2.05 bits per heavy atom. The SMILES string of the molecule is Cc1cc2c(NCC(N)c3ccccc3)ncnc2s1. The standard InChI is InChI=1S/C15H16N4S/c1-10-7-12-14(18-9-19-15(12)20-10)17-8-13(16)11-5-3-2-4-6-11/h2-7,9,13H,8,16H2,1H3,(H,17,18,19). The molecule has 0 saturated carbocycles. The Morgan fingerprint density at radius 1 is 1.25 bits per heavy atom. The Kier molecular flexibility index (Phi) is 3.62. The summed E-state index contributed by atoms with van der Waals surface area (Å²) in [5.74, 6) is 0.853. The van der Waals surface area contributed by atoms with Crippen LogP contribution < -0.4 is 11.1 Å².